The Kier molecular flexibility index (Phi) is 2.68. The fraction of sp³-hybridized carbons (Fsp3) is 0.0909. The van der Waals surface area contributed by atoms with Crippen molar-refractivity contribution in [1.29, 1.82) is 0 Å². The summed E-state index contributed by atoms with van der Waals surface area (Å²) < 4.78 is 2.73. The van der Waals surface area contributed by atoms with Gasteiger partial charge in [0.2, 0.25) is 0 Å². The molecule has 0 saturated carbocycles. The maximum atomic E-state index is 10.9. The summed E-state index contributed by atoms with van der Waals surface area (Å²) in [4.78, 5) is 15.1. The molecule has 0 aliphatic rings. The smallest absolute Gasteiger partial charge is 0.166 e. The average molecular weight is 265 g/mol. The molecule has 76 valence electrons. The number of halogens is 1. The summed E-state index contributed by atoms with van der Waals surface area (Å²) in [6.45, 7) is 1.94. The summed E-state index contributed by atoms with van der Waals surface area (Å²) in [6, 6.07) is 7.39. The molecule has 4 heteroatoms. The van der Waals surface area contributed by atoms with E-state index in [-0.39, 0.29) is 0 Å². The van der Waals surface area contributed by atoms with Crippen LogP contribution in [0.4, 0.5) is 0 Å². The van der Waals surface area contributed by atoms with E-state index >= 15 is 0 Å². The van der Waals surface area contributed by atoms with Gasteiger partial charge < -0.3 is 0 Å². The minimum Gasteiger partial charge on any atom is -0.296 e. The van der Waals surface area contributed by atoms with Gasteiger partial charge >= 0.3 is 0 Å². The van der Waals surface area contributed by atoms with Crippen molar-refractivity contribution in [3.63, 3.8) is 0 Å². The lowest BCUT2D eigenvalue weighted by atomic mass is 10.4. The number of carbonyl (C=O) groups is 1. The molecule has 3 nitrogen and oxygen atoms in total. The highest BCUT2D eigenvalue weighted by atomic mass is 79.9. The highest BCUT2D eigenvalue weighted by Gasteiger charge is 2.11. The number of rotatable bonds is 2. The second kappa shape index (κ2) is 3.98. The normalized spacial score (nSPS) is 10.3. The van der Waals surface area contributed by atoms with Gasteiger partial charge in [0.1, 0.15) is 5.82 Å². The molecule has 0 aromatic carbocycles. The van der Waals surface area contributed by atoms with E-state index < -0.39 is 0 Å². The Bertz CT molecular complexity index is 491. The first-order chi connectivity index (χ1) is 7.24. The van der Waals surface area contributed by atoms with Gasteiger partial charge in [-0.1, -0.05) is 6.07 Å². The first kappa shape index (κ1) is 10.1. The Morgan fingerprint density at radius 2 is 2.27 bits per heavy atom. The summed E-state index contributed by atoms with van der Waals surface area (Å²) in [5, 5.41) is 0. The Balaban J connectivity index is 2.66. The molecule has 15 heavy (non-hydrogen) atoms. The van der Waals surface area contributed by atoms with Crippen molar-refractivity contribution in [2.45, 2.75) is 6.92 Å². The zero-order valence-electron chi connectivity index (χ0n) is 8.14. The van der Waals surface area contributed by atoms with E-state index in [0.717, 1.165) is 22.3 Å². The predicted octanol–water partition coefficient (Wildman–Crippen LogP) is 2.76. The fourth-order valence-corrected chi connectivity index (χ4v) is 1.89. The molecular weight excluding hydrogens is 256 g/mol. The van der Waals surface area contributed by atoms with Crippen molar-refractivity contribution in [1.82, 2.24) is 9.55 Å². The minimum absolute atomic E-state index is 0.595. The van der Waals surface area contributed by atoms with Crippen molar-refractivity contribution in [2.24, 2.45) is 0 Å². The second-order valence-electron chi connectivity index (χ2n) is 3.14. The SMILES string of the molecule is Cc1c(Br)cc(C=O)n1-c1ccccn1. The Labute approximate surface area is 95.9 Å². The van der Waals surface area contributed by atoms with Crippen LogP contribution in [0.25, 0.3) is 5.82 Å². The number of aldehydes is 1. The van der Waals surface area contributed by atoms with Gasteiger partial charge in [-0.25, -0.2) is 4.98 Å². The third-order valence-corrected chi connectivity index (χ3v) is 3.02. The van der Waals surface area contributed by atoms with Crippen LogP contribution in [0.1, 0.15) is 16.2 Å². The third-order valence-electron chi connectivity index (χ3n) is 2.21. The van der Waals surface area contributed by atoms with Crippen molar-refractivity contribution >= 4 is 22.2 Å². The molecule has 0 saturated heterocycles. The first-order valence-electron chi connectivity index (χ1n) is 4.48. The molecule has 0 aliphatic heterocycles. The van der Waals surface area contributed by atoms with E-state index in [0.29, 0.717) is 5.69 Å². The van der Waals surface area contributed by atoms with Crippen LogP contribution in [0.15, 0.2) is 34.9 Å². The Morgan fingerprint density at radius 3 is 2.87 bits per heavy atom. The van der Waals surface area contributed by atoms with Crippen molar-refractivity contribution in [2.75, 3.05) is 0 Å². The molecule has 0 bridgehead atoms. The summed E-state index contributed by atoms with van der Waals surface area (Å²) in [6.07, 6.45) is 2.53. The van der Waals surface area contributed by atoms with Crippen molar-refractivity contribution in [3.8, 4) is 5.82 Å². The van der Waals surface area contributed by atoms with Crippen LogP contribution in [0, 0.1) is 6.92 Å². The number of carbonyl (C=O) groups excluding carboxylic acids is 1. The van der Waals surface area contributed by atoms with E-state index in [1.807, 2.05) is 29.7 Å². The Morgan fingerprint density at radius 1 is 1.47 bits per heavy atom. The molecule has 0 radical (unpaired) electrons. The lowest BCUT2D eigenvalue weighted by Crippen LogP contribution is -2.02. The van der Waals surface area contributed by atoms with Gasteiger partial charge in [-0.3, -0.25) is 9.36 Å². The van der Waals surface area contributed by atoms with Gasteiger partial charge in [0, 0.05) is 16.4 Å². The summed E-state index contributed by atoms with van der Waals surface area (Å²) in [7, 11) is 0. The Hall–Kier alpha value is -1.42. The van der Waals surface area contributed by atoms with Crippen molar-refractivity contribution in [3.05, 3.63) is 46.3 Å². The largest absolute Gasteiger partial charge is 0.296 e. The quantitative estimate of drug-likeness (QED) is 0.782. The molecule has 2 heterocycles. The summed E-state index contributed by atoms with van der Waals surface area (Å²) >= 11 is 3.40. The van der Waals surface area contributed by atoms with E-state index in [1.54, 1.807) is 12.3 Å². The summed E-state index contributed by atoms with van der Waals surface area (Å²) in [5.74, 6) is 0.753. The number of pyridine rings is 1. The standard InChI is InChI=1S/C11H9BrN2O/c1-8-10(12)6-9(7-15)14(8)11-4-2-3-5-13-11/h2-7H,1H3. The molecule has 0 unspecified atom stereocenters. The predicted molar refractivity (Wildman–Crippen MR) is 61.4 cm³/mol. The zero-order valence-corrected chi connectivity index (χ0v) is 9.73. The minimum atomic E-state index is 0.595. The van der Waals surface area contributed by atoms with Crippen LogP contribution in [0.5, 0.6) is 0 Å². The monoisotopic (exact) mass is 264 g/mol. The van der Waals surface area contributed by atoms with Crippen LogP contribution in [0.3, 0.4) is 0 Å². The molecule has 0 N–H and O–H groups in total. The van der Waals surface area contributed by atoms with Gasteiger partial charge in [0.25, 0.3) is 0 Å². The van der Waals surface area contributed by atoms with Crippen LogP contribution in [-0.2, 0) is 0 Å². The number of nitrogens with zero attached hydrogens (tertiary/aromatic N) is 2. The highest BCUT2D eigenvalue weighted by Crippen LogP contribution is 2.23. The van der Waals surface area contributed by atoms with Gasteiger partial charge in [0.15, 0.2) is 6.29 Å². The number of hydrogen-bond donors (Lipinski definition) is 0. The number of hydrogen-bond acceptors (Lipinski definition) is 2. The van der Waals surface area contributed by atoms with E-state index in [9.17, 15) is 4.79 Å². The van der Waals surface area contributed by atoms with Gasteiger partial charge in [0.05, 0.1) is 5.69 Å². The maximum Gasteiger partial charge on any atom is 0.166 e. The fourth-order valence-electron chi connectivity index (χ4n) is 1.48. The average Bonchev–Trinajstić information content (AvgIpc) is 2.56. The highest BCUT2D eigenvalue weighted by molar-refractivity contribution is 9.10. The second-order valence-corrected chi connectivity index (χ2v) is 4.00. The number of aromatic nitrogens is 2. The zero-order chi connectivity index (χ0) is 10.8. The van der Waals surface area contributed by atoms with E-state index in [2.05, 4.69) is 20.9 Å². The topological polar surface area (TPSA) is 34.9 Å². The molecule has 0 atom stereocenters. The van der Waals surface area contributed by atoms with Crippen LogP contribution in [0.2, 0.25) is 0 Å². The summed E-state index contributed by atoms with van der Waals surface area (Å²) in [5.41, 5.74) is 1.56. The van der Waals surface area contributed by atoms with Crippen LogP contribution >= 0.6 is 15.9 Å². The van der Waals surface area contributed by atoms with Crippen LogP contribution < -0.4 is 0 Å². The molecule has 0 aliphatic carbocycles. The molecular formula is C11H9BrN2O. The lowest BCUT2D eigenvalue weighted by molar-refractivity contribution is 0.111. The lowest BCUT2D eigenvalue weighted by Gasteiger charge is -2.06. The molecule has 0 spiro atoms. The third kappa shape index (κ3) is 1.72. The maximum absolute atomic E-state index is 10.9. The molecule has 2 aromatic rings. The van der Waals surface area contributed by atoms with E-state index in [1.165, 1.54) is 0 Å². The van der Waals surface area contributed by atoms with Crippen LogP contribution in [-0.4, -0.2) is 15.8 Å². The van der Waals surface area contributed by atoms with Gasteiger partial charge in [-0.2, -0.15) is 0 Å². The van der Waals surface area contributed by atoms with Crippen molar-refractivity contribution < 1.29 is 4.79 Å². The molecule has 0 fully saturated rings. The van der Waals surface area contributed by atoms with E-state index in [4.69, 9.17) is 0 Å². The molecule has 2 aromatic heterocycles. The van der Waals surface area contributed by atoms with Gasteiger partial charge in [-0.15, -0.1) is 0 Å². The molecule has 0 amide bonds. The first-order valence-corrected chi connectivity index (χ1v) is 5.28. The molecule has 2 rings (SSSR count). The van der Waals surface area contributed by atoms with Gasteiger partial charge in [-0.05, 0) is 41.1 Å².